The number of aryl methyl sites for hydroxylation is 1. The number of carbonyl (C=O) groups is 1. The lowest BCUT2D eigenvalue weighted by molar-refractivity contribution is -0.122. The van der Waals surface area contributed by atoms with Gasteiger partial charge in [0.2, 0.25) is 0 Å². The van der Waals surface area contributed by atoms with Crippen molar-refractivity contribution in [2.45, 2.75) is 39.0 Å². The number of aromatic nitrogens is 1. The van der Waals surface area contributed by atoms with E-state index in [-0.39, 0.29) is 0 Å². The highest BCUT2D eigenvalue weighted by atomic mass is 32.1. The molecule has 0 spiro atoms. The van der Waals surface area contributed by atoms with Crippen molar-refractivity contribution in [3.8, 4) is 0 Å². The number of Topliss-reactive ketones (excluding diaryl/α,β-unsaturated/α-hetero) is 1. The highest BCUT2D eigenvalue weighted by Gasteiger charge is 2.23. The molecule has 1 aromatic heterocycles. The van der Waals surface area contributed by atoms with Crippen LogP contribution in [0.4, 0.5) is 0 Å². The molecule has 2 nitrogen and oxygen atoms in total. The fraction of sp³-hybridized carbons (Fsp3) is 0.636. The molecule has 0 radical (unpaired) electrons. The first-order valence-corrected chi connectivity index (χ1v) is 6.07. The van der Waals surface area contributed by atoms with E-state index in [4.69, 9.17) is 0 Å². The Balaban J connectivity index is 1.93. The molecule has 0 bridgehead atoms. The van der Waals surface area contributed by atoms with Crippen LogP contribution in [0.5, 0.6) is 0 Å². The van der Waals surface area contributed by atoms with Gasteiger partial charge in [-0.2, -0.15) is 0 Å². The van der Waals surface area contributed by atoms with E-state index < -0.39 is 0 Å². The van der Waals surface area contributed by atoms with Gasteiger partial charge in [0.25, 0.3) is 0 Å². The van der Waals surface area contributed by atoms with E-state index in [0.717, 1.165) is 23.5 Å². The zero-order valence-electron chi connectivity index (χ0n) is 8.45. The van der Waals surface area contributed by atoms with Crippen molar-refractivity contribution in [2.24, 2.45) is 5.92 Å². The third kappa shape index (κ3) is 2.21. The maximum Gasteiger partial charge on any atom is 0.142 e. The molecule has 1 saturated carbocycles. The van der Waals surface area contributed by atoms with Crippen molar-refractivity contribution >= 4 is 17.1 Å². The quantitative estimate of drug-likeness (QED) is 0.766. The van der Waals surface area contributed by atoms with Crippen molar-refractivity contribution in [3.63, 3.8) is 0 Å². The van der Waals surface area contributed by atoms with Gasteiger partial charge >= 0.3 is 0 Å². The minimum absolute atomic E-state index is 0.333. The topological polar surface area (TPSA) is 30.0 Å². The summed E-state index contributed by atoms with van der Waals surface area (Å²) in [6, 6.07) is 0. The minimum atomic E-state index is 0.333. The highest BCUT2D eigenvalue weighted by molar-refractivity contribution is 7.09. The molecule has 1 aliphatic carbocycles. The molecule has 0 aromatic carbocycles. The van der Waals surface area contributed by atoms with Crippen LogP contribution in [0.1, 0.15) is 36.4 Å². The smallest absolute Gasteiger partial charge is 0.142 e. The van der Waals surface area contributed by atoms with Crippen LogP contribution in [0.25, 0.3) is 0 Å². The fourth-order valence-corrected chi connectivity index (χ4v) is 2.81. The van der Waals surface area contributed by atoms with E-state index in [1.165, 1.54) is 12.8 Å². The average Bonchev–Trinajstić information content (AvgIpc) is 2.75. The Labute approximate surface area is 88.4 Å². The number of hydrogen-bond donors (Lipinski definition) is 0. The third-order valence-corrected chi connectivity index (χ3v) is 3.77. The number of rotatable bonds is 3. The van der Waals surface area contributed by atoms with Crippen LogP contribution in [-0.2, 0) is 11.2 Å². The Morgan fingerprint density at radius 3 is 2.86 bits per heavy atom. The molecular formula is C11H15NOS. The van der Waals surface area contributed by atoms with E-state index in [1.54, 1.807) is 11.3 Å². The Kier molecular flexibility index (Phi) is 2.96. The summed E-state index contributed by atoms with van der Waals surface area (Å²) in [7, 11) is 0. The molecule has 3 heteroatoms. The summed E-state index contributed by atoms with van der Waals surface area (Å²) in [5.74, 6) is 0.732. The van der Waals surface area contributed by atoms with E-state index in [1.807, 2.05) is 12.3 Å². The summed E-state index contributed by atoms with van der Waals surface area (Å²) in [6.45, 7) is 1.97. The lowest BCUT2D eigenvalue weighted by atomic mass is 10.0. The van der Waals surface area contributed by atoms with E-state index in [0.29, 0.717) is 18.1 Å². The van der Waals surface area contributed by atoms with Gasteiger partial charge in [0.1, 0.15) is 10.8 Å². The van der Waals surface area contributed by atoms with Gasteiger partial charge in [0, 0.05) is 17.0 Å². The van der Waals surface area contributed by atoms with E-state index in [2.05, 4.69) is 4.98 Å². The van der Waals surface area contributed by atoms with Gasteiger partial charge in [-0.25, -0.2) is 4.98 Å². The third-order valence-electron chi connectivity index (χ3n) is 2.80. The van der Waals surface area contributed by atoms with E-state index >= 15 is 0 Å². The SMILES string of the molecule is Cc1csc(CC(=O)C2CCCC2)n1. The van der Waals surface area contributed by atoms with Gasteiger partial charge in [-0.15, -0.1) is 11.3 Å². The first-order valence-electron chi connectivity index (χ1n) is 5.19. The predicted molar refractivity (Wildman–Crippen MR) is 57.5 cm³/mol. The predicted octanol–water partition coefficient (Wildman–Crippen LogP) is 2.75. The minimum Gasteiger partial charge on any atom is -0.299 e. The molecule has 0 aliphatic heterocycles. The van der Waals surface area contributed by atoms with Crippen molar-refractivity contribution in [1.82, 2.24) is 4.98 Å². The molecule has 1 aliphatic rings. The summed E-state index contributed by atoms with van der Waals surface area (Å²) in [6.07, 6.45) is 5.22. The van der Waals surface area contributed by atoms with Crippen LogP contribution >= 0.6 is 11.3 Å². The Morgan fingerprint density at radius 2 is 2.29 bits per heavy atom. The summed E-state index contributed by atoms with van der Waals surface area (Å²) in [4.78, 5) is 16.1. The molecule has 0 saturated heterocycles. The fourth-order valence-electron chi connectivity index (χ4n) is 2.03. The number of thiazole rings is 1. The molecule has 76 valence electrons. The summed E-state index contributed by atoms with van der Waals surface area (Å²) in [5, 5.41) is 3.00. The van der Waals surface area contributed by atoms with Crippen molar-refractivity contribution in [1.29, 1.82) is 0 Å². The van der Waals surface area contributed by atoms with Crippen LogP contribution in [0, 0.1) is 12.8 Å². The van der Waals surface area contributed by atoms with Crippen molar-refractivity contribution in [3.05, 3.63) is 16.1 Å². The maximum absolute atomic E-state index is 11.8. The normalized spacial score (nSPS) is 17.5. The second-order valence-electron chi connectivity index (χ2n) is 4.01. The van der Waals surface area contributed by atoms with Crippen molar-refractivity contribution in [2.75, 3.05) is 0 Å². The molecule has 0 amide bonds. The lowest BCUT2D eigenvalue weighted by Gasteiger charge is -2.04. The van der Waals surface area contributed by atoms with Crippen LogP contribution in [0.2, 0.25) is 0 Å². The number of nitrogens with zero attached hydrogens (tertiary/aromatic N) is 1. The second-order valence-corrected chi connectivity index (χ2v) is 4.95. The number of ketones is 1. The van der Waals surface area contributed by atoms with Crippen LogP contribution in [-0.4, -0.2) is 10.8 Å². The molecule has 1 heterocycles. The van der Waals surface area contributed by atoms with Crippen LogP contribution < -0.4 is 0 Å². The largest absolute Gasteiger partial charge is 0.299 e. The number of hydrogen-bond acceptors (Lipinski definition) is 3. The zero-order valence-corrected chi connectivity index (χ0v) is 9.27. The van der Waals surface area contributed by atoms with Gasteiger partial charge in [-0.3, -0.25) is 4.79 Å². The molecule has 14 heavy (non-hydrogen) atoms. The van der Waals surface area contributed by atoms with Gasteiger partial charge in [-0.05, 0) is 19.8 Å². The Bertz CT molecular complexity index is 326. The number of carbonyl (C=O) groups excluding carboxylic acids is 1. The monoisotopic (exact) mass is 209 g/mol. The molecule has 1 aromatic rings. The standard InChI is InChI=1S/C11H15NOS/c1-8-7-14-11(12-8)6-10(13)9-4-2-3-5-9/h7,9H,2-6H2,1H3. The van der Waals surface area contributed by atoms with Crippen LogP contribution in [0.15, 0.2) is 5.38 Å². The molecule has 2 rings (SSSR count). The Morgan fingerprint density at radius 1 is 1.57 bits per heavy atom. The van der Waals surface area contributed by atoms with E-state index in [9.17, 15) is 4.79 Å². The first kappa shape index (κ1) is 9.84. The van der Waals surface area contributed by atoms with Gasteiger partial charge in [-0.1, -0.05) is 12.8 Å². The Hall–Kier alpha value is -0.700. The van der Waals surface area contributed by atoms with Crippen LogP contribution in [0.3, 0.4) is 0 Å². The molecule has 0 atom stereocenters. The second kappa shape index (κ2) is 4.22. The summed E-state index contributed by atoms with van der Waals surface area (Å²) >= 11 is 1.60. The summed E-state index contributed by atoms with van der Waals surface area (Å²) in [5.41, 5.74) is 1.03. The van der Waals surface area contributed by atoms with Gasteiger partial charge in [0.15, 0.2) is 0 Å². The summed E-state index contributed by atoms with van der Waals surface area (Å²) < 4.78 is 0. The molecule has 0 unspecified atom stereocenters. The molecule has 0 N–H and O–H groups in total. The lowest BCUT2D eigenvalue weighted by Crippen LogP contribution is -2.13. The maximum atomic E-state index is 11.8. The van der Waals surface area contributed by atoms with Gasteiger partial charge < -0.3 is 0 Å². The molecule has 1 fully saturated rings. The highest BCUT2D eigenvalue weighted by Crippen LogP contribution is 2.26. The average molecular weight is 209 g/mol. The van der Waals surface area contributed by atoms with Gasteiger partial charge in [0.05, 0.1) is 6.42 Å². The molecular weight excluding hydrogens is 194 g/mol. The zero-order chi connectivity index (χ0) is 9.97. The first-order chi connectivity index (χ1) is 6.75. The van der Waals surface area contributed by atoms with Crippen molar-refractivity contribution < 1.29 is 4.79 Å².